The summed E-state index contributed by atoms with van der Waals surface area (Å²) in [6.07, 6.45) is 0. The first-order valence-corrected chi connectivity index (χ1v) is 8.00. The van der Waals surface area contributed by atoms with Crippen LogP contribution in [0.25, 0.3) is 0 Å². The Labute approximate surface area is 136 Å². The van der Waals surface area contributed by atoms with Gasteiger partial charge in [-0.25, -0.2) is 12.7 Å². The van der Waals surface area contributed by atoms with Crippen LogP contribution < -0.4 is 10.6 Å². The van der Waals surface area contributed by atoms with Crippen molar-refractivity contribution in [2.45, 2.75) is 10.9 Å². The predicted molar refractivity (Wildman–Crippen MR) is 85.8 cm³/mol. The molecule has 1 aliphatic heterocycles. The Morgan fingerprint density at radius 2 is 2.14 bits per heavy atom. The zero-order chi connectivity index (χ0) is 15.5. The van der Waals surface area contributed by atoms with Gasteiger partial charge in [-0.05, 0) is 18.2 Å². The highest BCUT2D eigenvalue weighted by Crippen LogP contribution is 2.18. The van der Waals surface area contributed by atoms with Gasteiger partial charge < -0.3 is 15.4 Å². The molecule has 1 aromatic carbocycles. The van der Waals surface area contributed by atoms with Gasteiger partial charge in [-0.15, -0.1) is 12.4 Å². The fourth-order valence-electron chi connectivity index (χ4n) is 1.91. The smallest absolute Gasteiger partial charge is 0.243 e. The maximum Gasteiger partial charge on any atom is 0.243 e. The molecule has 124 valence electrons. The van der Waals surface area contributed by atoms with Crippen molar-refractivity contribution in [3.8, 4) is 0 Å². The summed E-state index contributed by atoms with van der Waals surface area (Å²) in [5, 5.41) is 5.74. The van der Waals surface area contributed by atoms with Gasteiger partial charge in [0.1, 0.15) is 6.04 Å². The second-order valence-corrected chi connectivity index (χ2v) is 7.04. The lowest BCUT2D eigenvalue weighted by Crippen LogP contribution is -2.48. The Morgan fingerprint density at radius 3 is 2.73 bits per heavy atom. The van der Waals surface area contributed by atoms with E-state index in [0.29, 0.717) is 25.4 Å². The minimum absolute atomic E-state index is 0. The molecular weight excluding hydrogens is 330 g/mol. The predicted octanol–water partition coefficient (Wildman–Crippen LogP) is 0.286. The van der Waals surface area contributed by atoms with E-state index in [4.69, 9.17) is 4.74 Å². The summed E-state index contributed by atoms with van der Waals surface area (Å²) in [5.74, 6) is -0.242. The van der Waals surface area contributed by atoms with Crippen molar-refractivity contribution in [3.05, 3.63) is 24.3 Å². The molecule has 1 aromatic rings. The topological polar surface area (TPSA) is 87.7 Å². The molecule has 0 radical (unpaired) electrons. The van der Waals surface area contributed by atoms with Crippen LogP contribution in [-0.2, 0) is 19.6 Å². The minimum Gasteiger partial charge on any atom is -0.378 e. The number of carbonyl (C=O) groups is 1. The Hall–Kier alpha value is -1.19. The molecule has 9 heteroatoms. The van der Waals surface area contributed by atoms with E-state index >= 15 is 0 Å². The van der Waals surface area contributed by atoms with Gasteiger partial charge in [0.05, 0.1) is 18.1 Å². The Kier molecular flexibility index (Phi) is 6.76. The lowest BCUT2D eigenvalue weighted by molar-refractivity contribution is -0.120. The highest BCUT2D eigenvalue weighted by molar-refractivity contribution is 7.89. The third-order valence-corrected chi connectivity index (χ3v) is 4.93. The number of benzene rings is 1. The highest BCUT2D eigenvalue weighted by atomic mass is 35.5. The Balaban J connectivity index is 0.00000242. The molecule has 1 unspecified atom stereocenters. The van der Waals surface area contributed by atoms with E-state index in [2.05, 4.69) is 10.6 Å². The van der Waals surface area contributed by atoms with E-state index in [1.165, 1.54) is 26.2 Å². The van der Waals surface area contributed by atoms with Gasteiger partial charge in [0.15, 0.2) is 0 Å². The zero-order valence-corrected chi connectivity index (χ0v) is 14.0. The van der Waals surface area contributed by atoms with Crippen molar-refractivity contribution >= 4 is 34.0 Å². The zero-order valence-electron chi connectivity index (χ0n) is 12.4. The lowest BCUT2D eigenvalue weighted by Gasteiger charge is -2.23. The minimum atomic E-state index is -3.52. The van der Waals surface area contributed by atoms with Crippen LogP contribution in [0.3, 0.4) is 0 Å². The monoisotopic (exact) mass is 349 g/mol. The van der Waals surface area contributed by atoms with Crippen molar-refractivity contribution < 1.29 is 17.9 Å². The van der Waals surface area contributed by atoms with Crippen molar-refractivity contribution in [2.75, 3.05) is 39.2 Å². The first-order chi connectivity index (χ1) is 9.91. The average Bonchev–Trinajstić information content (AvgIpc) is 2.48. The molecule has 2 rings (SSSR count). The number of nitrogens with one attached hydrogen (secondary N) is 2. The van der Waals surface area contributed by atoms with Crippen molar-refractivity contribution in [1.82, 2.24) is 9.62 Å². The molecule has 7 nitrogen and oxygen atoms in total. The molecule has 0 saturated carbocycles. The van der Waals surface area contributed by atoms with Gasteiger partial charge in [-0.1, -0.05) is 6.07 Å². The van der Waals surface area contributed by atoms with Gasteiger partial charge in [0.2, 0.25) is 15.9 Å². The van der Waals surface area contributed by atoms with Gasteiger partial charge in [0, 0.05) is 26.3 Å². The fourth-order valence-corrected chi connectivity index (χ4v) is 2.86. The normalized spacial score (nSPS) is 18.6. The molecule has 0 spiro atoms. The highest BCUT2D eigenvalue weighted by Gasteiger charge is 2.22. The maximum atomic E-state index is 12.1. The summed E-state index contributed by atoms with van der Waals surface area (Å²) in [7, 11) is -0.594. The summed E-state index contributed by atoms with van der Waals surface area (Å²) >= 11 is 0. The summed E-state index contributed by atoms with van der Waals surface area (Å²) in [6, 6.07) is 5.75. The van der Waals surface area contributed by atoms with Crippen LogP contribution in [0.2, 0.25) is 0 Å². The first-order valence-electron chi connectivity index (χ1n) is 6.56. The molecule has 0 aliphatic carbocycles. The lowest BCUT2D eigenvalue weighted by atomic mass is 10.2. The van der Waals surface area contributed by atoms with Crippen molar-refractivity contribution in [1.29, 1.82) is 0 Å². The van der Waals surface area contributed by atoms with E-state index < -0.39 is 16.1 Å². The molecule has 1 aliphatic rings. The molecule has 0 bridgehead atoms. The Bertz CT molecular complexity index is 615. The average molecular weight is 350 g/mol. The quantitative estimate of drug-likeness (QED) is 0.815. The molecule has 1 fully saturated rings. The molecule has 1 atom stereocenters. The number of carbonyl (C=O) groups excluding carboxylic acids is 1. The summed E-state index contributed by atoms with van der Waals surface area (Å²) in [4.78, 5) is 12.2. The number of amides is 1. The van der Waals surface area contributed by atoms with Crippen LogP contribution in [0.1, 0.15) is 0 Å². The number of rotatable bonds is 4. The number of nitrogens with zero attached hydrogens (tertiary/aromatic N) is 1. The molecule has 2 N–H and O–H groups in total. The van der Waals surface area contributed by atoms with Crippen LogP contribution >= 0.6 is 12.4 Å². The standard InChI is InChI=1S/C13H19N3O4S.ClH/c1-16(2)21(18,19)11-5-3-4-10(8-11)15-13(17)12-9-20-7-6-14-12;/h3-5,8,12,14H,6-7,9H2,1-2H3,(H,15,17);1H. The van der Waals surface area contributed by atoms with Gasteiger partial charge in [-0.2, -0.15) is 0 Å². The molecule has 0 aromatic heterocycles. The second kappa shape index (κ2) is 7.89. The summed E-state index contributed by atoms with van der Waals surface area (Å²) in [5.41, 5.74) is 0.440. The maximum absolute atomic E-state index is 12.1. The molecule has 22 heavy (non-hydrogen) atoms. The number of ether oxygens (including phenoxy) is 1. The first kappa shape index (κ1) is 18.9. The van der Waals surface area contributed by atoms with Crippen LogP contribution in [0.4, 0.5) is 5.69 Å². The third-order valence-electron chi connectivity index (χ3n) is 3.12. The second-order valence-electron chi connectivity index (χ2n) is 4.89. The van der Waals surface area contributed by atoms with E-state index in [9.17, 15) is 13.2 Å². The van der Waals surface area contributed by atoms with Crippen LogP contribution in [-0.4, -0.2) is 58.5 Å². The Morgan fingerprint density at radius 1 is 1.41 bits per heavy atom. The van der Waals surface area contributed by atoms with Crippen LogP contribution in [0.15, 0.2) is 29.2 Å². The largest absolute Gasteiger partial charge is 0.378 e. The van der Waals surface area contributed by atoms with Gasteiger partial charge in [0.25, 0.3) is 0 Å². The molecule has 1 saturated heterocycles. The number of morpholine rings is 1. The van der Waals surface area contributed by atoms with E-state index in [0.717, 1.165) is 4.31 Å². The molecule has 1 heterocycles. The molecular formula is C13H20ClN3O4S. The number of halogens is 1. The van der Waals surface area contributed by atoms with Crippen LogP contribution in [0.5, 0.6) is 0 Å². The van der Waals surface area contributed by atoms with Crippen LogP contribution in [0, 0.1) is 0 Å². The number of hydrogen-bond acceptors (Lipinski definition) is 5. The SMILES string of the molecule is CN(C)S(=O)(=O)c1cccc(NC(=O)C2COCCN2)c1.Cl. The van der Waals surface area contributed by atoms with Gasteiger partial charge in [-0.3, -0.25) is 4.79 Å². The van der Waals surface area contributed by atoms with E-state index in [-0.39, 0.29) is 23.2 Å². The number of anilines is 1. The van der Waals surface area contributed by atoms with E-state index in [1.807, 2.05) is 0 Å². The molecule has 1 amide bonds. The summed E-state index contributed by atoms with van der Waals surface area (Å²) < 4.78 is 30.5. The number of sulfonamides is 1. The fraction of sp³-hybridized carbons (Fsp3) is 0.462. The number of hydrogen-bond donors (Lipinski definition) is 2. The third kappa shape index (κ3) is 4.40. The van der Waals surface area contributed by atoms with E-state index in [1.54, 1.807) is 12.1 Å². The van der Waals surface area contributed by atoms with Crippen molar-refractivity contribution in [2.24, 2.45) is 0 Å². The van der Waals surface area contributed by atoms with Crippen molar-refractivity contribution in [3.63, 3.8) is 0 Å². The van der Waals surface area contributed by atoms with Gasteiger partial charge >= 0.3 is 0 Å². The summed E-state index contributed by atoms with van der Waals surface area (Å²) in [6.45, 7) is 1.51.